The van der Waals surface area contributed by atoms with E-state index < -0.39 is 27.4 Å². The average Bonchev–Trinajstić information content (AvgIpc) is 3.62. The molecule has 0 bridgehead atoms. The molecular weight excluding hydrogens is 476 g/mol. The summed E-state index contributed by atoms with van der Waals surface area (Å²) < 4.78 is 76.7. The molecule has 3 aromatic heterocycles. The second-order valence-corrected chi connectivity index (χ2v) is 9.88. The van der Waals surface area contributed by atoms with Crippen LogP contribution in [0.15, 0.2) is 47.9 Å². The Labute approximate surface area is 193 Å². The summed E-state index contributed by atoms with van der Waals surface area (Å²) >= 11 is 0. The van der Waals surface area contributed by atoms with E-state index in [1.165, 1.54) is 30.7 Å². The molecule has 1 aliphatic carbocycles. The predicted octanol–water partition coefficient (Wildman–Crippen LogP) is 3.61. The predicted molar refractivity (Wildman–Crippen MR) is 115 cm³/mol. The molecule has 180 valence electrons. The molecule has 0 aromatic carbocycles. The molecule has 3 heterocycles. The number of nitrogens with one attached hydrogen (secondary N) is 1. The van der Waals surface area contributed by atoms with E-state index in [0.717, 1.165) is 31.4 Å². The molecule has 1 N–H and O–H groups in total. The number of alkyl halides is 3. The minimum absolute atomic E-state index is 0.00783. The van der Waals surface area contributed by atoms with Crippen LogP contribution in [0.2, 0.25) is 0 Å². The zero-order valence-electron chi connectivity index (χ0n) is 17.9. The third-order valence-corrected chi connectivity index (χ3v) is 6.28. The lowest BCUT2D eigenvalue weighted by Crippen LogP contribution is -2.28. The SMILES string of the molecule is CS(=O)(=O)c1ccc(CNc2ncnc(N(Cc3ccc(C(F)(F)F)cn3)C3CC3)c2F)nc1. The van der Waals surface area contributed by atoms with Gasteiger partial charge in [0.2, 0.25) is 5.82 Å². The van der Waals surface area contributed by atoms with Gasteiger partial charge in [-0.2, -0.15) is 17.6 Å². The maximum Gasteiger partial charge on any atom is 0.417 e. The van der Waals surface area contributed by atoms with Gasteiger partial charge in [-0.15, -0.1) is 0 Å². The molecule has 4 rings (SSSR count). The van der Waals surface area contributed by atoms with Crippen LogP contribution in [0.3, 0.4) is 0 Å². The smallest absolute Gasteiger partial charge is 0.362 e. The largest absolute Gasteiger partial charge is 0.417 e. The van der Waals surface area contributed by atoms with Crippen LogP contribution in [0.25, 0.3) is 0 Å². The third kappa shape index (κ3) is 5.58. The van der Waals surface area contributed by atoms with Crippen molar-refractivity contribution < 1.29 is 26.0 Å². The maximum atomic E-state index is 15.3. The molecule has 0 saturated heterocycles. The van der Waals surface area contributed by atoms with Gasteiger partial charge in [0.1, 0.15) is 6.33 Å². The average molecular weight is 496 g/mol. The first kappa shape index (κ1) is 23.8. The highest BCUT2D eigenvalue weighted by Gasteiger charge is 2.34. The van der Waals surface area contributed by atoms with E-state index in [-0.39, 0.29) is 35.7 Å². The summed E-state index contributed by atoms with van der Waals surface area (Å²) in [5.41, 5.74) is -0.0327. The molecule has 0 aliphatic heterocycles. The summed E-state index contributed by atoms with van der Waals surface area (Å²) in [4.78, 5) is 17.7. The number of rotatable bonds is 8. The zero-order valence-corrected chi connectivity index (χ0v) is 18.7. The first-order chi connectivity index (χ1) is 16.0. The molecule has 0 spiro atoms. The van der Waals surface area contributed by atoms with Gasteiger partial charge >= 0.3 is 6.18 Å². The summed E-state index contributed by atoms with van der Waals surface area (Å²) in [6, 6.07) is 5.12. The fourth-order valence-electron chi connectivity index (χ4n) is 3.22. The van der Waals surface area contributed by atoms with Crippen LogP contribution in [-0.2, 0) is 29.1 Å². The lowest BCUT2D eigenvalue weighted by molar-refractivity contribution is -0.137. The molecule has 0 amide bonds. The first-order valence-corrected chi connectivity index (χ1v) is 12.1. The van der Waals surface area contributed by atoms with Crippen molar-refractivity contribution in [1.29, 1.82) is 0 Å². The minimum Gasteiger partial charge on any atom is -0.362 e. The number of hydrogen-bond donors (Lipinski definition) is 1. The molecule has 3 aromatic rings. The topological polar surface area (TPSA) is 101 Å². The number of aromatic nitrogens is 4. The fraction of sp³-hybridized carbons (Fsp3) is 0.333. The Kier molecular flexibility index (Phi) is 6.39. The van der Waals surface area contributed by atoms with Crippen molar-refractivity contribution in [3.05, 3.63) is 65.8 Å². The minimum atomic E-state index is -4.49. The summed E-state index contributed by atoms with van der Waals surface area (Å²) in [7, 11) is -3.38. The normalized spacial score (nSPS) is 14.1. The van der Waals surface area contributed by atoms with Crippen molar-refractivity contribution in [3.8, 4) is 0 Å². The Morgan fingerprint density at radius 3 is 2.29 bits per heavy atom. The summed E-state index contributed by atoms with van der Waals surface area (Å²) in [5, 5.41) is 2.82. The number of sulfone groups is 1. The van der Waals surface area contributed by atoms with Gasteiger partial charge in [0, 0.05) is 24.7 Å². The van der Waals surface area contributed by atoms with E-state index in [9.17, 15) is 21.6 Å². The van der Waals surface area contributed by atoms with Crippen LogP contribution in [-0.4, -0.2) is 40.7 Å². The van der Waals surface area contributed by atoms with Crippen molar-refractivity contribution in [2.24, 2.45) is 0 Å². The molecule has 1 saturated carbocycles. The molecular formula is C21H20F4N6O2S. The van der Waals surface area contributed by atoms with Gasteiger partial charge in [-0.05, 0) is 37.1 Å². The van der Waals surface area contributed by atoms with E-state index in [4.69, 9.17) is 0 Å². The van der Waals surface area contributed by atoms with Crippen LogP contribution in [0.1, 0.15) is 29.8 Å². The molecule has 1 fully saturated rings. The van der Waals surface area contributed by atoms with Crippen LogP contribution in [0, 0.1) is 5.82 Å². The number of pyridine rings is 2. The number of anilines is 2. The molecule has 34 heavy (non-hydrogen) atoms. The van der Waals surface area contributed by atoms with E-state index in [2.05, 4.69) is 25.3 Å². The Morgan fingerprint density at radius 1 is 1.03 bits per heavy atom. The molecule has 13 heteroatoms. The lowest BCUT2D eigenvalue weighted by Gasteiger charge is -2.24. The lowest BCUT2D eigenvalue weighted by atomic mass is 10.2. The molecule has 0 atom stereocenters. The van der Waals surface area contributed by atoms with E-state index >= 15 is 4.39 Å². The Hall–Kier alpha value is -3.35. The highest BCUT2D eigenvalue weighted by atomic mass is 32.2. The van der Waals surface area contributed by atoms with Crippen molar-refractivity contribution in [1.82, 2.24) is 19.9 Å². The molecule has 0 unspecified atom stereocenters. The quantitative estimate of drug-likeness (QED) is 0.472. The van der Waals surface area contributed by atoms with Crippen LogP contribution in [0.4, 0.5) is 29.2 Å². The Morgan fingerprint density at radius 2 is 1.74 bits per heavy atom. The fourth-order valence-corrected chi connectivity index (χ4v) is 3.78. The second kappa shape index (κ2) is 9.12. The number of halogens is 4. The van der Waals surface area contributed by atoms with Gasteiger partial charge in [0.05, 0.1) is 34.9 Å². The van der Waals surface area contributed by atoms with Crippen molar-refractivity contribution in [2.75, 3.05) is 16.5 Å². The molecule has 8 nitrogen and oxygen atoms in total. The van der Waals surface area contributed by atoms with Crippen molar-refractivity contribution in [2.45, 2.75) is 43.0 Å². The van der Waals surface area contributed by atoms with Crippen LogP contribution in [0.5, 0.6) is 0 Å². The van der Waals surface area contributed by atoms with Crippen LogP contribution < -0.4 is 10.2 Å². The first-order valence-electron chi connectivity index (χ1n) is 10.2. The Bertz CT molecular complexity index is 1260. The standard InChI is InChI=1S/C21H20F4N6O2S/c1-34(32,33)17-7-4-14(27-10-17)9-28-19-18(22)20(30-12-29-19)31(16-5-6-16)11-15-3-2-13(8-26-15)21(23,24)25/h2-4,7-8,10,12,16H,5-6,9,11H2,1H3,(H,28,29,30). The van der Waals surface area contributed by atoms with Gasteiger partial charge in [0.25, 0.3) is 0 Å². The van der Waals surface area contributed by atoms with Gasteiger partial charge in [-0.1, -0.05) is 0 Å². The highest BCUT2D eigenvalue weighted by Crippen LogP contribution is 2.35. The number of nitrogens with zero attached hydrogens (tertiary/aromatic N) is 5. The summed E-state index contributed by atoms with van der Waals surface area (Å²) in [5.74, 6) is -0.777. The van der Waals surface area contributed by atoms with Gasteiger partial charge in [-0.25, -0.2) is 18.4 Å². The molecule has 1 aliphatic rings. The molecule has 0 radical (unpaired) electrons. The summed E-state index contributed by atoms with van der Waals surface area (Å²) in [6.07, 6.45) is 1.35. The second-order valence-electron chi connectivity index (χ2n) is 7.87. The van der Waals surface area contributed by atoms with Gasteiger partial charge in [-0.3, -0.25) is 9.97 Å². The van der Waals surface area contributed by atoms with Gasteiger partial charge < -0.3 is 10.2 Å². The van der Waals surface area contributed by atoms with Gasteiger partial charge in [0.15, 0.2) is 21.5 Å². The van der Waals surface area contributed by atoms with Crippen LogP contribution >= 0.6 is 0 Å². The van der Waals surface area contributed by atoms with Crippen molar-refractivity contribution in [3.63, 3.8) is 0 Å². The highest BCUT2D eigenvalue weighted by molar-refractivity contribution is 7.90. The third-order valence-electron chi connectivity index (χ3n) is 5.18. The number of hydrogen-bond acceptors (Lipinski definition) is 8. The monoisotopic (exact) mass is 496 g/mol. The summed E-state index contributed by atoms with van der Waals surface area (Å²) in [6.45, 7) is 0.173. The van der Waals surface area contributed by atoms with E-state index in [1.54, 1.807) is 4.90 Å². The Balaban J connectivity index is 1.50. The zero-order chi connectivity index (χ0) is 24.5. The van der Waals surface area contributed by atoms with E-state index in [1.807, 2.05) is 0 Å². The maximum absolute atomic E-state index is 15.3. The van der Waals surface area contributed by atoms with E-state index in [0.29, 0.717) is 11.4 Å². The van der Waals surface area contributed by atoms with Crippen molar-refractivity contribution >= 4 is 21.5 Å².